The second-order valence-corrected chi connectivity index (χ2v) is 8.07. The van der Waals surface area contributed by atoms with E-state index in [2.05, 4.69) is 12.3 Å². The molecule has 0 radical (unpaired) electrons. The number of hydrogen-bond acceptors (Lipinski definition) is 4. The van der Waals surface area contributed by atoms with Gasteiger partial charge in [0.25, 0.3) is 0 Å². The molecular weight excluding hydrogens is 260 g/mol. The molecule has 0 bridgehead atoms. The number of sulfone groups is 1. The first-order valence-electron chi connectivity index (χ1n) is 6.48. The van der Waals surface area contributed by atoms with Crippen LogP contribution >= 0.6 is 0 Å². The number of rotatable bonds is 6. The highest BCUT2D eigenvalue weighted by Gasteiger charge is 2.39. The largest absolute Gasteiger partial charge is 0.271 e. The second-order valence-electron chi connectivity index (χ2n) is 5.47. The number of hydrazine groups is 1. The van der Waals surface area contributed by atoms with E-state index < -0.39 is 20.6 Å². The van der Waals surface area contributed by atoms with Gasteiger partial charge in [0.05, 0.1) is 10.8 Å². The summed E-state index contributed by atoms with van der Waals surface area (Å²) in [6, 6.07) is 7.51. The minimum Gasteiger partial charge on any atom is -0.271 e. The molecule has 0 heterocycles. The van der Waals surface area contributed by atoms with Gasteiger partial charge in [-0.3, -0.25) is 11.3 Å². The highest BCUT2D eigenvalue weighted by molar-refractivity contribution is 7.92. The Hall–Kier alpha value is -0.910. The van der Waals surface area contributed by atoms with Crippen molar-refractivity contribution in [2.24, 2.45) is 5.84 Å². The van der Waals surface area contributed by atoms with E-state index in [1.165, 1.54) is 11.8 Å². The van der Waals surface area contributed by atoms with Crippen LogP contribution in [0.2, 0.25) is 0 Å². The van der Waals surface area contributed by atoms with Crippen molar-refractivity contribution in [3.05, 3.63) is 35.4 Å². The third-order valence-corrected chi connectivity index (χ3v) is 5.79. The third-order valence-electron chi connectivity index (χ3n) is 3.64. The van der Waals surface area contributed by atoms with Crippen LogP contribution in [0.5, 0.6) is 0 Å². The molecule has 1 aromatic carbocycles. The van der Waals surface area contributed by atoms with Crippen LogP contribution < -0.4 is 11.3 Å². The lowest BCUT2D eigenvalue weighted by molar-refractivity contribution is 0.427. The van der Waals surface area contributed by atoms with Crippen LogP contribution in [-0.2, 0) is 16.3 Å². The third kappa shape index (κ3) is 3.55. The summed E-state index contributed by atoms with van der Waals surface area (Å²) < 4.78 is 22.9. The number of benzene rings is 1. The predicted octanol–water partition coefficient (Wildman–Crippen LogP) is 1.97. The molecule has 1 aromatic rings. The van der Waals surface area contributed by atoms with Crippen molar-refractivity contribution in [1.82, 2.24) is 5.43 Å². The lowest BCUT2D eigenvalue weighted by Crippen LogP contribution is -2.47. The summed E-state index contributed by atoms with van der Waals surface area (Å²) in [6.45, 7) is 5.50. The Bertz CT molecular complexity index is 524. The molecule has 1 unspecified atom stereocenters. The maximum absolute atomic E-state index is 11.9. The molecule has 0 aromatic heterocycles. The highest BCUT2D eigenvalue weighted by atomic mass is 32.2. The Morgan fingerprint density at radius 1 is 1.37 bits per heavy atom. The molecule has 0 amide bonds. The molecule has 108 valence electrons. The first kappa shape index (κ1) is 16.1. The summed E-state index contributed by atoms with van der Waals surface area (Å²) in [5.41, 5.74) is 4.76. The monoisotopic (exact) mass is 284 g/mol. The number of nitrogens with two attached hydrogens (primary N) is 1. The van der Waals surface area contributed by atoms with Crippen LogP contribution in [0.3, 0.4) is 0 Å². The van der Waals surface area contributed by atoms with Gasteiger partial charge in [-0.25, -0.2) is 8.42 Å². The maximum Gasteiger partial charge on any atom is 0.154 e. The van der Waals surface area contributed by atoms with E-state index in [1.54, 1.807) is 13.8 Å². The topological polar surface area (TPSA) is 72.2 Å². The average Bonchev–Trinajstić information content (AvgIpc) is 2.29. The summed E-state index contributed by atoms with van der Waals surface area (Å²) in [7, 11) is -3.23. The number of hydrogen-bond donors (Lipinski definition) is 2. The summed E-state index contributed by atoms with van der Waals surface area (Å²) in [4.78, 5) is 0. The molecule has 1 rings (SSSR count). The van der Waals surface area contributed by atoms with Gasteiger partial charge in [0.15, 0.2) is 9.84 Å². The molecule has 1 atom stereocenters. The van der Waals surface area contributed by atoms with Crippen molar-refractivity contribution in [3.63, 3.8) is 0 Å². The smallest absolute Gasteiger partial charge is 0.154 e. The van der Waals surface area contributed by atoms with E-state index in [1.807, 2.05) is 24.3 Å². The van der Waals surface area contributed by atoms with E-state index in [0.717, 1.165) is 18.4 Å². The van der Waals surface area contributed by atoms with Crippen LogP contribution in [0.15, 0.2) is 24.3 Å². The van der Waals surface area contributed by atoms with Gasteiger partial charge >= 0.3 is 0 Å². The highest BCUT2D eigenvalue weighted by Crippen LogP contribution is 2.32. The Morgan fingerprint density at radius 3 is 2.47 bits per heavy atom. The summed E-state index contributed by atoms with van der Waals surface area (Å²) in [6.07, 6.45) is 3.28. The lowest BCUT2D eigenvalue weighted by atomic mass is 9.93. The van der Waals surface area contributed by atoms with Crippen LogP contribution in [-0.4, -0.2) is 19.4 Å². The van der Waals surface area contributed by atoms with Crippen LogP contribution in [0.4, 0.5) is 0 Å². The van der Waals surface area contributed by atoms with E-state index in [0.29, 0.717) is 0 Å². The Labute approximate surface area is 116 Å². The molecule has 0 aliphatic heterocycles. The van der Waals surface area contributed by atoms with Gasteiger partial charge in [-0.1, -0.05) is 37.6 Å². The van der Waals surface area contributed by atoms with E-state index in [4.69, 9.17) is 5.84 Å². The molecule has 19 heavy (non-hydrogen) atoms. The van der Waals surface area contributed by atoms with E-state index in [-0.39, 0.29) is 0 Å². The molecule has 5 heteroatoms. The van der Waals surface area contributed by atoms with Gasteiger partial charge in [0.2, 0.25) is 0 Å². The zero-order valence-electron chi connectivity index (χ0n) is 12.1. The minimum atomic E-state index is -3.23. The first-order chi connectivity index (χ1) is 8.74. The molecule has 0 fully saturated rings. The van der Waals surface area contributed by atoms with Crippen molar-refractivity contribution < 1.29 is 8.42 Å². The Balaban J connectivity index is 3.21. The van der Waals surface area contributed by atoms with Crippen LogP contribution in [0.1, 0.15) is 44.4 Å². The zero-order chi connectivity index (χ0) is 14.7. The SMILES string of the molecule is CCCc1cccc(C(NN)C(C)(C)S(C)(=O)=O)c1. The normalized spacial score (nSPS) is 14.4. The predicted molar refractivity (Wildman–Crippen MR) is 79.4 cm³/mol. The number of nitrogens with one attached hydrogen (secondary N) is 1. The van der Waals surface area contributed by atoms with Crippen molar-refractivity contribution >= 4 is 9.84 Å². The summed E-state index contributed by atoms with van der Waals surface area (Å²) in [5.74, 6) is 5.60. The summed E-state index contributed by atoms with van der Waals surface area (Å²) in [5, 5.41) is 0. The second kappa shape index (κ2) is 6.03. The minimum absolute atomic E-state index is 0.431. The zero-order valence-corrected chi connectivity index (χ0v) is 12.9. The molecule has 0 aliphatic rings. The lowest BCUT2D eigenvalue weighted by Gasteiger charge is -2.32. The van der Waals surface area contributed by atoms with Gasteiger partial charge in [-0.15, -0.1) is 0 Å². The van der Waals surface area contributed by atoms with Crippen molar-refractivity contribution in [2.45, 2.75) is 44.4 Å². The fourth-order valence-electron chi connectivity index (χ4n) is 2.13. The van der Waals surface area contributed by atoms with Crippen LogP contribution in [0, 0.1) is 0 Å². The van der Waals surface area contributed by atoms with Gasteiger partial charge in [0.1, 0.15) is 0 Å². The molecule has 0 aliphatic carbocycles. The average molecular weight is 284 g/mol. The molecule has 0 saturated heterocycles. The van der Waals surface area contributed by atoms with Crippen LogP contribution in [0.25, 0.3) is 0 Å². The molecule has 0 spiro atoms. The van der Waals surface area contributed by atoms with Gasteiger partial charge in [0, 0.05) is 6.26 Å². The summed E-state index contributed by atoms with van der Waals surface area (Å²) >= 11 is 0. The molecule has 3 N–H and O–H groups in total. The quantitative estimate of drug-likeness (QED) is 0.619. The standard InChI is InChI=1S/C14H24N2O2S/c1-5-7-11-8-6-9-12(10-11)13(16-15)14(2,3)19(4,17)18/h6,8-10,13,16H,5,7,15H2,1-4H3. The van der Waals surface area contributed by atoms with Crippen molar-refractivity contribution in [2.75, 3.05) is 6.26 Å². The van der Waals surface area contributed by atoms with Gasteiger partial charge in [-0.05, 0) is 31.4 Å². The fourth-order valence-corrected chi connectivity index (χ4v) is 2.76. The van der Waals surface area contributed by atoms with Gasteiger partial charge in [-0.2, -0.15) is 0 Å². The first-order valence-corrected chi connectivity index (χ1v) is 8.37. The van der Waals surface area contributed by atoms with E-state index >= 15 is 0 Å². The van der Waals surface area contributed by atoms with Crippen molar-refractivity contribution in [3.8, 4) is 0 Å². The maximum atomic E-state index is 11.9. The Morgan fingerprint density at radius 2 is 2.00 bits per heavy atom. The fraction of sp³-hybridized carbons (Fsp3) is 0.571. The molecular formula is C14H24N2O2S. The number of aryl methyl sites for hydroxylation is 1. The molecule has 0 saturated carbocycles. The Kier molecular flexibility index (Phi) is 5.12. The van der Waals surface area contributed by atoms with Gasteiger partial charge < -0.3 is 0 Å². The molecule has 4 nitrogen and oxygen atoms in total. The van der Waals surface area contributed by atoms with E-state index in [9.17, 15) is 8.42 Å². The van der Waals surface area contributed by atoms with Crippen molar-refractivity contribution in [1.29, 1.82) is 0 Å².